The normalized spacial score (nSPS) is 13.5. The molecule has 0 spiro atoms. The van der Waals surface area contributed by atoms with Crippen molar-refractivity contribution in [3.8, 4) is 5.75 Å². The highest BCUT2D eigenvalue weighted by Gasteiger charge is 2.14. The van der Waals surface area contributed by atoms with Gasteiger partial charge < -0.3 is 15.0 Å². The molecule has 1 aliphatic heterocycles. The van der Waals surface area contributed by atoms with Crippen LogP contribution in [0.1, 0.15) is 22.3 Å². The van der Waals surface area contributed by atoms with Gasteiger partial charge in [-0.25, -0.2) is 0 Å². The van der Waals surface area contributed by atoms with Gasteiger partial charge in [0.05, 0.1) is 7.11 Å². The molecule has 114 valence electrons. The summed E-state index contributed by atoms with van der Waals surface area (Å²) in [6.45, 7) is 1.09. The Hall–Kier alpha value is -2.49. The molecule has 1 heterocycles. The summed E-state index contributed by atoms with van der Waals surface area (Å²) in [6, 6.07) is 13.3. The van der Waals surface area contributed by atoms with Crippen LogP contribution in [0.15, 0.2) is 42.5 Å². The van der Waals surface area contributed by atoms with Gasteiger partial charge in [0.2, 0.25) is 0 Å². The van der Waals surface area contributed by atoms with Crippen molar-refractivity contribution in [1.29, 1.82) is 0 Å². The van der Waals surface area contributed by atoms with Crippen LogP contribution in [0.3, 0.4) is 0 Å². The number of aryl methyl sites for hydroxylation is 1. The lowest BCUT2D eigenvalue weighted by Gasteiger charge is -2.27. The van der Waals surface area contributed by atoms with Crippen LogP contribution in [-0.2, 0) is 6.42 Å². The molecule has 2 aromatic carbocycles. The first-order valence-electron chi connectivity index (χ1n) is 7.47. The smallest absolute Gasteiger partial charge is 0.255 e. The molecule has 4 nitrogen and oxygen atoms in total. The number of nitrogens with one attached hydrogen (secondary N) is 1. The van der Waals surface area contributed by atoms with Crippen LogP contribution in [0.2, 0.25) is 0 Å². The van der Waals surface area contributed by atoms with E-state index in [9.17, 15) is 4.79 Å². The van der Waals surface area contributed by atoms with E-state index in [1.165, 1.54) is 11.3 Å². The Kier molecular flexibility index (Phi) is 4.00. The second-order valence-corrected chi connectivity index (χ2v) is 5.55. The zero-order chi connectivity index (χ0) is 15.5. The summed E-state index contributed by atoms with van der Waals surface area (Å²) in [5.74, 6) is 0.558. The molecular weight excluding hydrogens is 276 g/mol. The Balaban J connectivity index is 1.79. The first-order valence-corrected chi connectivity index (χ1v) is 7.47. The molecule has 0 fully saturated rings. The van der Waals surface area contributed by atoms with Gasteiger partial charge in [-0.3, -0.25) is 4.79 Å². The highest BCUT2D eigenvalue weighted by Crippen LogP contribution is 2.28. The summed E-state index contributed by atoms with van der Waals surface area (Å²) in [5, 5.41) is 2.96. The third-order valence-electron chi connectivity index (χ3n) is 4.02. The lowest BCUT2D eigenvalue weighted by Crippen LogP contribution is -2.24. The van der Waals surface area contributed by atoms with E-state index >= 15 is 0 Å². The number of hydrogen-bond acceptors (Lipinski definition) is 3. The number of carbonyl (C=O) groups excluding carboxylic acids is 1. The van der Waals surface area contributed by atoms with E-state index in [1.54, 1.807) is 19.2 Å². The number of hydrogen-bond donors (Lipinski definition) is 1. The fraction of sp³-hybridized carbons (Fsp3) is 0.278. The van der Waals surface area contributed by atoms with Crippen molar-refractivity contribution in [2.24, 2.45) is 0 Å². The number of methoxy groups -OCH3 is 1. The van der Waals surface area contributed by atoms with E-state index in [0.717, 1.165) is 25.1 Å². The summed E-state index contributed by atoms with van der Waals surface area (Å²) in [6.07, 6.45) is 2.21. The molecule has 1 amide bonds. The quantitative estimate of drug-likeness (QED) is 0.944. The Bertz CT molecular complexity index is 697. The van der Waals surface area contributed by atoms with Crippen molar-refractivity contribution in [2.45, 2.75) is 12.8 Å². The Labute approximate surface area is 130 Å². The van der Waals surface area contributed by atoms with Crippen LogP contribution in [-0.4, -0.2) is 26.6 Å². The largest absolute Gasteiger partial charge is 0.497 e. The van der Waals surface area contributed by atoms with Crippen molar-refractivity contribution in [3.05, 3.63) is 53.6 Å². The molecule has 0 radical (unpaired) electrons. The second-order valence-electron chi connectivity index (χ2n) is 5.55. The van der Waals surface area contributed by atoms with Gasteiger partial charge in [0, 0.05) is 30.5 Å². The predicted molar refractivity (Wildman–Crippen MR) is 89.0 cm³/mol. The molecule has 2 aromatic rings. The van der Waals surface area contributed by atoms with Gasteiger partial charge in [0.1, 0.15) is 5.75 Å². The molecule has 0 saturated heterocycles. The number of fused-ring (bicyclic) bond motifs is 1. The fourth-order valence-electron chi connectivity index (χ4n) is 2.83. The highest BCUT2D eigenvalue weighted by atomic mass is 16.5. The molecular formula is C18H20N2O2. The number of rotatable bonds is 3. The zero-order valence-corrected chi connectivity index (χ0v) is 12.9. The van der Waals surface area contributed by atoms with Gasteiger partial charge in [-0.1, -0.05) is 6.07 Å². The topological polar surface area (TPSA) is 41.6 Å². The van der Waals surface area contributed by atoms with Gasteiger partial charge in [0.25, 0.3) is 5.91 Å². The maximum atomic E-state index is 12.3. The van der Waals surface area contributed by atoms with Crippen molar-refractivity contribution in [1.82, 2.24) is 0 Å². The van der Waals surface area contributed by atoms with Crippen molar-refractivity contribution in [3.63, 3.8) is 0 Å². The minimum atomic E-state index is -0.122. The Morgan fingerprint density at radius 1 is 1.23 bits per heavy atom. The van der Waals surface area contributed by atoms with E-state index in [2.05, 4.69) is 29.4 Å². The van der Waals surface area contributed by atoms with Gasteiger partial charge in [-0.2, -0.15) is 0 Å². The summed E-state index contributed by atoms with van der Waals surface area (Å²) < 4.78 is 5.16. The molecule has 4 heteroatoms. The third kappa shape index (κ3) is 2.91. The van der Waals surface area contributed by atoms with Crippen LogP contribution in [0, 0.1) is 0 Å². The van der Waals surface area contributed by atoms with Crippen LogP contribution in [0.5, 0.6) is 5.75 Å². The van der Waals surface area contributed by atoms with E-state index in [0.29, 0.717) is 11.3 Å². The van der Waals surface area contributed by atoms with Crippen LogP contribution >= 0.6 is 0 Å². The van der Waals surface area contributed by atoms with Gasteiger partial charge >= 0.3 is 0 Å². The molecule has 0 saturated carbocycles. The number of amides is 1. The van der Waals surface area contributed by atoms with E-state index in [-0.39, 0.29) is 5.91 Å². The minimum absolute atomic E-state index is 0.122. The molecule has 0 unspecified atom stereocenters. The standard InChI is InChI=1S/C18H20N2O2/c1-20-10-4-6-13-11-15(8-9-17(13)20)19-18(21)14-5-3-7-16(12-14)22-2/h3,5,7-9,11-12H,4,6,10H2,1-2H3,(H,19,21). The van der Waals surface area contributed by atoms with Gasteiger partial charge in [0.15, 0.2) is 0 Å². The third-order valence-corrected chi connectivity index (χ3v) is 4.02. The number of carbonyl (C=O) groups is 1. The Morgan fingerprint density at radius 2 is 2.09 bits per heavy atom. The fourth-order valence-corrected chi connectivity index (χ4v) is 2.83. The van der Waals surface area contributed by atoms with Crippen molar-refractivity contribution in [2.75, 3.05) is 30.9 Å². The summed E-state index contributed by atoms with van der Waals surface area (Å²) in [7, 11) is 3.70. The van der Waals surface area contributed by atoms with Gasteiger partial charge in [-0.05, 0) is 54.8 Å². The van der Waals surface area contributed by atoms with E-state index < -0.39 is 0 Å². The van der Waals surface area contributed by atoms with Crippen LogP contribution < -0.4 is 15.0 Å². The predicted octanol–water partition coefficient (Wildman–Crippen LogP) is 3.33. The molecule has 0 aliphatic carbocycles. The summed E-state index contributed by atoms with van der Waals surface area (Å²) >= 11 is 0. The molecule has 1 N–H and O–H groups in total. The average Bonchev–Trinajstić information content (AvgIpc) is 2.55. The monoisotopic (exact) mass is 296 g/mol. The average molecular weight is 296 g/mol. The Morgan fingerprint density at radius 3 is 2.91 bits per heavy atom. The van der Waals surface area contributed by atoms with E-state index in [1.807, 2.05) is 18.2 Å². The van der Waals surface area contributed by atoms with Crippen LogP contribution in [0.4, 0.5) is 11.4 Å². The van der Waals surface area contributed by atoms with Crippen molar-refractivity contribution < 1.29 is 9.53 Å². The zero-order valence-electron chi connectivity index (χ0n) is 12.9. The number of benzene rings is 2. The molecule has 1 aliphatic rings. The molecule has 22 heavy (non-hydrogen) atoms. The molecule has 3 rings (SSSR count). The number of nitrogens with zero attached hydrogens (tertiary/aromatic N) is 1. The highest BCUT2D eigenvalue weighted by molar-refractivity contribution is 6.04. The lowest BCUT2D eigenvalue weighted by atomic mass is 10.0. The number of anilines is 2. The maximum Gasteiger partial charge on any atom is 0.255 e. The molecule has 0 atom stereocenters. The van der Waals surface area contributed by atoms with Crippen LogP contribution in [0.25, 0.3) is 0 Å². The first-order chi connectivity index (χ1) is 10.7. The van der Waals surface area contributed by atoms with Gasteiger partial charge in [-0.15, -0.1) is 0 Å². The lowest BCUT2D eigenvalue weighted by molar-refractivity contribution is 0.102. The van der Waals surface area contributed by atoms with E-state index in [4.69, 9.17) is 4.74 Å². The summed E-state index contributed by atoms with van der Waals surface area (Å²) in [5.41, 5.74) is 3.97. The van der Waals surface area contributed by atoms with Crippen molar-refractivity contribution >= 4 is 17.3 Å². The molecule has 0 bridgehead atoms. The molecule has 0 aromatic heterocycles. The maximum absolute atomic E-state index is 12.3. The number of ether oxygens (including phenoxy) is 1. The SMILES string of the molecule is COc1cccc(C(=O)Nc2ccc3c(c2)CCCN3C)c1. The summed E-state index contributed by atoms with van der Waals surface area (Å²) in [4.78, 5) is 14.6. The first kappa shape index (κ1) is 14.4. The minimum Gasteiger partial charge on any atom is -0.497 e. The second kappa shape index (κ2) is 6.10.